The highest BCUT2D eigenvalue weighted by atomic mass is 32.1. The molecular weight excluding hydrogens is 208 g/mol. The van der Waals surface area contributed by atoms with Crippen LogP contribution in [0.1, 0.15) is 28.4 Å². The molecule has 1 N–H and O–H groups in total. The summed E-state index contributed by atoms with van der Waals surface area (Å²) >= 11 is 1.77. The number of hydrogen-bond donors (Lipinski definition) is 1. The van der Waals surface area contributed by atoms with Crippen LogP contribution in [-0.4, -0.2) is 34.2 Å². The first kappa shape index (κ1) is 11.0. The van der Waals surface area contributed by atoms with E-state index in [4.69, 9.17) is 0 Å². The predicted molar refractivity (Wildman–Crippen MR) is 62.1 cm³/mol. The van der Waals surface area contributed by atoms with Gasteiger partial charge < -0.3 is 5.11 Å². The normalized spacial score (nSPS) is 23.3. The maximum absolute atomic E-state index is 9.58. The number of nitrogens with zero attached hydrogens (tertiary/aromatic N) is 2. The number of thiazole rings is 1. The van der Waals surface area contributed by atoms with Gasteiger partial charge in [0.25, 0.3) is 0 Å². The molecule has 3 nitrogen and oxygen atoms in total. The Balaban J connectivity index is 1.99. The van der Waals surface area contributed by atoms with Gasteiger partial charge in [0.2, 0.25) is 0 Å². The number of aryl methyl sites for hydroxylation is 2. The number of β-amino-alcohol motifs (C(OH)–C–C–N with tert-alkyl or cyclic N) is 1. The summed E-state index contributed by atoms with van der Waals surface area (Å²) in [7, 11) is 0. The average Bonchev–Trinajstić information content (AvgIpc) is 2.45. The van der Waals surface area contributed by atoms with Crippen LogP contribution >= 0.6 is 11.3 Å². The molecule has 2 heterocycles. The number of aliphatic hydroxyl groups excluding tert-OH is 1. The third-order valence-electron chi connectivity index (χ3n) is 2.85. The van der Waals surface area contributed by atoms with Crippen LogP contribution in [0, 0.1) is 13.8 Å². The molecule has 1 aliphatic heterocycles. The lowest BCUT2D eigenvalue weighted by Gasteiger charge is -2.29. The molecule has 1 atom stereocenters. The standard InChI is InChI=1S/C11H18N2OS/c1-8-11(15-9(2)12-8)7-13-5-3-4-10(14)6-13/h10,14H,3-7H2,1-2H3. The fourth-order valence-corrected chi connectivity index (χ4v) is 3.08. The summed E-state index contributed by atoms with van der Waals surface area (Å²) < 4.78 is 0. The van der Waals surface area contributed by atoms with E-state index < -0.39 is 0 Å². The highest BCUT2D eigenvalue weighted by Gasteiger charge is 2.19. The first-order valence-electron chi connectivity index (χ1n) is 5.48. The van der Waals surface area contributed by atoms with Crippen molar-refractivity contribution in [2.45, 2.75) is 39.3 Å². The first-order valence-corrected chi connectivity index (χ1v) is 6.30. The molecule has 1 unspecified atom stereocenters. The Morgan fingerprint density at radius 3 is 2.93 bits per heavy atom. The molecule has 15 heavy (non-hydrogen) atoms. The smallest absolute Gasteiger partial charge is 0.0900 e. The average molecular weight is 226 g/mol. The maximum atomic E-state index is 9.58. The van der Waals surface area contributed by atoms with Crippen LogP contribution in [0.5, 0.6) is 0 Å². The molecule has 84 valence electrons. The van der Waals surface area contributed by atoms with Gasteiger partial charge in [0.05, 0.1) is 16.8 Å². The summed E-state index contributed by atoms with van der Waals surface area (Å²) in [5.41, 5.74) is 1.15. The van der Waals surface area contributed by atoms with E-state index in [1.807, 2.05) is 6.92 Å². The highest BCUT2D eigenvalue weighted by Crippen LogP contribution is 2.21. The third-order valence-corrected chi connectivity index (χ3v) is 3.91. The Bertz CT molecular complexity index is 337. The summed E-state index contributed by atoms with van der Waals surface area (Å²) in [6.07, 6.45) is 1.93. The topological polar surface area (TPSA) is 36.4 Å². The van der Waals surface area contributed by atoms with Gasteiger partial charge in [-0.25, -0.2) is 4.98 Å². The molecule has 1 fully saturated rings. The van der Waals surface area contributed by atoms with Gasteiger partial charge in [-0.3, -0.25) is 4.90 Å². The number of hydrogen-bond acceptors (Lipinski definition) is 4. The van der Waals surface area contributed by atoms with E-state index in [0.29, 0.717) is 0 Å². The van der Waals surface area contributed by atoms with Crippen LogP contribution in [0.2, 0.25) is 0 Å². The van der Waals surface area contributed by atoms with Gasteiger partial charge in [0.1, 0.15) is 0 Å². The molecule has 1 aromatic heterocycles. The van der Waals surface area contributed by atoms with Crippen molar-refractivity contribution < 1.29 is 5.11 Å². The van der Waals surface area contributed by atoms with Crippen molar-refractivity contribution in [3.8, 4) is 0 Å². The Morgan fingerprint density at radius 2 is 2.33 bits per heavy atom. The molecule has 1 aliphatic rings. The van der Waals surface area contributed by atoms with E-state index in [0.717, 1.165) is 43.2 Å². The largest absolute Gasteiger partial charge is 0.392 e. The van der Waals surface area contributed by atoms with Crippen molar-refractivity contribution in [2.75, 3.05) is 13.1 Å². The van der Waals surface area contributed by atoms with Crippen LogP contribution < -0.4 is 0 Å². The fourth-order valence-electron chi connectivity index (χ4n) is 2.10. The zero-order valence-corrected chi connectivity index (χ0v) is 10.2. The minimum atomic E-state index is -0.131. The molecule has 0 radical (unpaired) electrons. The van der Waals surface area contributed by atoms with Gasteiger partial charge in [-0.2, -0.15) is 0 Å². The monoisotopic (exact) mass is 226 g/mol. The molecular formula is C11H18N2OS. The van der Waals surface area contributed by atoms with Crippen LogP contribution in [0.3, 0.4) is 0 Å². The summed E-state index contributed by atoms with van der Waals surface area (Å²) in [5.74, 6) is 0. The van der Waals surface area contributed by atoms with Crippen molar-refractivity contribution in [3.05, 3.63) is 15.6 Å². The van der Waals surface area contributed by atoms with E-state index in [-0.39, 0.29) is 6.10 Å². The van der Waals surface area contributed by atoms with Gasteiger partial charge in [-0.15, -0.1) is 11.3 Å². The molecule has 1 saturated heterocycles. The number of likely N-dealkylation sites (tertiary alicyclic amines) is 1. The third kappa shape index (κ3) is 2.77. The highest BCUT2D eigenvalue weighted by molar-refractivity contribution is 7.11. The van der Waals surface area contributed by atoms with Gasteiger partial charge in [-0.1, -0.05) is 0 Å². The van der Waals surface area contributed by atoms with E-state index in [1.165, 1.54) is 4.88 Å². The number of rotatable bonds is 2. The Labute approximate surface area is 94.8 Å². The van der Waals surface area contributed by atoms with Gasteiger partial charge >= 0.3 is 0 Å². The lowest BCUT2D eigenvalue weighted by molar-refractivity contribution is 0.0672. The minimum Gasteiger partial charge on any atom is -0.392 e. The molecule has 0 bridgehead atoms. The molecule has 1 aromatic rings. The van der Waals surface area contributed by atoms with Crippen molar-refractivity contribution >= 4 is 11.3 Å². The summed E-state index contributed by atoms with van der Waals surface area (Å²) in [4.78, 5) is 8.10. The fraction of sp³-hybridized carbons (Fsp3) is 0.727. The molecule has 0 saturated carbocycles. The second kappa shape index (κ2) is 4.60. The molecule has 0 spiro atoms. The first-order chi connectivity index (χ1) is 7.15. The van der Waals surface area contributed by atoms with Crippen LogP contribution in [0.4, 0.5) is 0 Å². The predicted octanol–water partition coefficient (Wildman–Crippen LogP) is 1.72. The zero-order valence-electron chi connectivity index (χ0n) is 9.36. The molecule has 0 aliphatic carbocycles. The molecule has 2 rings (SSSR count). The lowest BCUT2D eigenvalue weighted by atomic mass is 10.1. The lowest BCUT2D eigenvalue weighted by Crippen LogP contribution is -2.37. The van der Waals surface area contributed by atoms with Crippen LogP contribution in [0.15, 0.2) is 0 Å². The SMILES string of the molecule is Cc1nc(C)c(CN2CCCC(O)C2)s1. The quantitative estimate of drug-likeness (QED) is 0.834. The van der Waals surface area contributed by atoms with E-state index >= 15 is 0 Å². The molecule has 0 amide bonds. The number of aliphatic hydroxyl groups is 1. The Hall–Kier alpha value is -0.450. The number of piperidine rings is 1. The molecule has 4 heteroatoms. The van der Waals surface area contributed by atoms with Crippen LogP contribution in [0.25, 0.3) is 0 Å². The van der Waals surface area contributed by atoms with Gasteiger partial charge in [0.15, 0.2) is 0 Å². The zero-order chi connectivity index (χ0) is 10.8. The van der Waals surface area contributed by atoms with Gasteiger partial charge in [-0.05, 0) is 33.2 Å². The van der Waals surface area contributed by atoms with Crippen molar-refractivity contribution in [2.24, 2.45) is 0 Å². The second-order valence-corrected chi connectivity index (χ2v) is 5.56. The Kier molecular flexibility index (Phi) is 3.38. The van der Waals surface area contributed by atoms with E-state index in [9.17, 15) is 5.11 Å². The summed E-state index contributed by atoms with van der Waals surface area (Å²) in [6, 6.07) is 0. The summed E-state index contributed by atoms with van der Waals surface area (Å²) in [5, 5.41) is 10.7. The molecule has 0 aromatic carbocycles. The number of aromatic nitrogens is 1. The van der Waals surface area contributed by atoms with Crippen molar-refractivity contribution in [3.63, 3.8) is 0 Å². The maximum Gasteiger partial charge on any atom is 0.0900 e. The van der Waals surface area contributed by atoms with Gasteiger partial charge in [0, 0.05) is 18.0 Å². The van der Waals surface area contributed by atoms with Crippen molar-refractivity contribution in [1.29, 1.82) is 0 Å². The second-order valence-electron chi connectivity index (χ2n) is 4.27. The van der Waals surface area contributed by atoms with Crippen molar-refractivity contribution in [1.82, 2.24) is 9.88 Å². The van der Waals surface area contributed by atoms with Crippen LogP contribution in [-0.2, 0) is 6.54 Å². The van der Waals surface area contributed by atoms with E-state index in [2.05, 4.69) is 16.8 Å². The Morgan fingerprint density at radius 1 is 1.53 bits per heavy atom. The summed E-state index contributed by atoms with van der Waals surface area (Å²) in [6.45, 7) is 6.99. The van der Waals surface area contributed by atoms with E-state index in [1.54, 1.807) is 11.3 Å². The minimum absolute atomic E-state index is 0.131.